The fraction of sp³-hybridized carbons (Fsp3) is 0.538. The second kappa shape index (κ2) is 4.57. The van der Waals surface area contributed by atoms with Gasteiger partial charge in [-0.25, -0.2) is 4.98 Å². The van der Waals surface area contributed by atoms with Crippen LogP contribution in [0.4, 0.5) is 5.82 Å². The summed E-state index contributed by atoms with van der Waals surface area (Å²) in [6, 6.07) is 4.07. The quantitative estimate of drug-likeness (QED) is 0.864. The average molecular weight is 247 g/mol. The first-order chi connectivity index (χ1) is 8.46. The Morgan fingerprint density at radius 3 is 2.78 bits per heavy atom. The predicted molar refractivity (Wildman–Crippen MR) is 73.6 cm³/mol. The van der Waals surface area contributed by atoms with Gasteiger partial charge in [0.2, 0.25) is 0 Å². The Bertz CT molecular complexity index is 545. The van der Waals surface area contributed by atoms with E-state index in [0.29, 0.717) is 12.5 Å². The third-order valence-corrected chi connectivity index (χ3v) is 3.64. The summed E-state index contributed by atoms with van der Waals surface area (Å²) in [5.74, 6) is 1.35. The number of pyridine rings is 1. The second-order valence-corrected chi connectivity index (χ2v) is 5.35. The van der Waals surface area contributed by atoms with E-state index in [9.17, 15) is 0 Å². The van der Waals surface area contributed by atoms with Gasteiger partial charge in [-0.2, -0.15) is 9.61 Å². The lowest BCUT2D eigenvalue weighted by molar-refractivity contribution is 0.380. The minimum absolute atomic E-state index is 0.160. The molecule has 2 aromatic heterocycles. The first-order valence-electron chi connectivity index (χ1n) is 6.25. The fourth-order valence-electron chi connectivity index (χ4n) is 1.87. The van der Waals surface area contributed by atoms with Crippen molar-refractivity contribution in [3.8, 4) is 0 Å². The zero-order chi connectivity index (χ0) is 13.3. The Kier molecular flexibility index (Phi) is 3.26. The maximum Gasteiger partial charge on any atom is 0.157 e. The van der Waals surface area contributed by atoms with Crippen molar-refractivity contribution >= 4 is 11.5 Å². The Balaban J connectivity index is 2.45. The molecule has 0 aliphatic heterocycles. The van der Waals surface area contributed by atoms with Crippen LogP contribution in [0.15, 0.2) is 18.5 Å². The molecule has 0 bridgehead atoms. The molecule has 5 heteroatoms. The number of hydrogen-bond donors (Lipinski definition) is 2. The summed E-state index contributed by atoms with van der Waals surface area (Å²) >= 11 is 0. The van der Waals surface area contributed by atoms with E-state index in [1.165, 1.54) is 0 Å². The van der Waals surface area contributed by atoms with Gasteiger partial charge in [-0.3, -0.25) is 0 Å². The molecular formula is C13H21N5. The Labute approximate surface area is 107 Å². The maximum absolute atomic E-state index is 5.91. The lowest BCUT2D eigenvalue weighted by Gasteiger charge is -2.34. The number of rotatable bonds is 4. The van der Waals surface area contributed by atoms with Crippen LogP contribution in [0.1, 0.15) is 26.3 Å². The number of fused-ring (bicyclic) bond motifs is 1. The summed E-state index contributed by atoms with van der Waals surface area (Å²) in [7, 11) is 0. The molecule has 0 amide bonds. The standard InChI is InChI=1S/C13H21N5/c1-9(2)13(4,7-14)17-12-6-10(3)5-11-15-8-16-18(11)12/h5-6,8-9,17H,7,14H2,1-4H3. The van der Waals surface area contributed by atoms with Crippen LogP contribution in [0.25, 0.3) is 5.65 Å². The predicted octanol–water partition coefficient (Wildman–Crippen LogP) is 1.82. The summed E-state index contributed by atoms with van der Waals surface area (Å²) in [5, 5.41) is 7.75. The highest BCUT2D eigenvalue weighted by molar-refractivity contribution is 5.52. The highest BCUT2D eigenvalue weighted by atomic mass is 15.3. The van der Waals surface area contributed by atoms with Gasteiger partial charge in [0, 0.05) is 6.54 Å². The fourth-order valence-corrected chi connectivity index (χ4v) is 1.87. The van der Waals surface area contributed by atoms with Gasteiger partial charge >= 0.3 is 0 Å². The van der Waals surface area contributed by atoms with Crippen LogP contribution in [0.2, 0.25) is 0 Å². The van der Waals surface area contributed by atoms with Crippen LogP contribution in [-0.4, -0.2) is 26.7 Å². The van der Waals surface area contributed by atoms with Crippen molar-refractivity contribution in [3.05, 3.63) is 24.0 Å². The number of nitrogens with zero attached hydrogens (tertiary/aromatic N) is 3. The minimum Gasteiger partial charge on any atom is -0.363 e. The van der Waals surface area contributed by atoms with Crippen LogP contribution >= 0.6 is 0 Å². The van der Waals surface area contributed by atoms with E-state index >= 15 is 0 Å². The van der Waals surface area contributed by atoms with Crippen molar-refractivity contribution in [2.75, 3.05) is 11.9 Å². The highest BCUT2D eigenvalue weighted by Crippen LogP contribution is 2.23. The molecule has 2 aromatic rings. The number of nitrogens with one attached hydrogen (secondary N) is 1. The largest absolute Gasteiger partial charge is 0.363 e. The molecule has 0 aromatic carbocycles. The van der Waals surface area contributed by atoms with Gasteiger partial charge < -0.3 is 11.1 Å². The van der Waals surface area contributed by atoms with Gasteiger partial charge in [0.25, 0.3) is 0 Å². The number of anilines is 1. The summed E-state index contributed by atoms with van der Waals surface area (Å²) < 4.78 is 1.81. The normalized spacial score (nSPS) is 15.0. The van der Waals surface area contributed by atoms with Gasteiger partial charge in [-0.1, -0.05) is 13.8 Å². The maximum atomic E-state index is 5.91. The number of aromatic nitrogens is 3. The van der Waals surface area contributed by atoms with E-state index in [1.54, 1.807) is 6.33 Å². The van der Waals surface area contributed by atoms with E-state index in [4.69, 9.17) is 5.73 Å². The number of aryl methyl sites for hydroxylation is 1. The third-order valence-electron chi connectivity index (χ3n) is 3.64. The van der Waals surface area contributed by atoms with Crippen molar-refractivity contribution in [2.24, 2.45) is 11.7 Å². The summed E-state index contributed by atoms with van der Waals surface area (Å²) in [5.41, 5.74) is 7.75. The van der Waals surface area contributed by atoms with Crippen molar-refractivity contribution in [2.45, 2.75) is 33.2 Å². The summed E-state index contributed by atoms with van der Waals surface area (Å²) in [6.45, 7) is 9.06. The van der Waals surface area contributed by atoms with Crippen LogP contribution in [0.3, 0.4) is 0 Å². The molecule has 18 heavy (non-hydrogen) atoms. The molecule has 1 atom stereocenters. The molecule has 3 N–H and O–H groups in total. The van der Waals surface area contributed by atoms with Gasteiger partial charge in [-0.15, -0.1) is 0 Å². The second-order valence-electron chi connectivity index (χ2n) is 5.35. The summed E-state index contributed by atoms with van der Waals surface area (Å²) in [4.78, 5) is 4.22. The monoisotopic (exact) mass is 247 g/mol. The van der Waals surface area contributed by atoms with Gasteiger partial charge in [0.05, 0.1) is 5.54 Å². The first kappa shape index (κ1) is 12.8. The summed E-state index contributed by atoms with van der Waals surface area (Å²) in [6.07, 6.45) is 1.56. The lowest BCUT2D eigenvalue weighted by Crippen LogP contribution is -2.47. The molecule has 0 aliphatic carbocycles. The topological polar surface area (TPSA) is 68.2 Å². The van der Waals surface area contributed by atoms with Gasteiger partial charge in [0.15, 0.2) is 5.65 Å². The van der Waals surface area contributed by atoms with Crippen LogP contribution in [0, 0.1) is 12.8 Å². The lowest BCUT2D eigenvalue weighted by atomic mass is 9.88. The smallest absolute Gasteiger partial charge is 0.157 e. The van der Waals surface area contributed by atoms with E-state index in [1.807, 2.05) is 10.6 Å². The molecule has 0 saturated heterocycles. The molecule has 5 nitrogen and oxygen atoms in total. The van der Waals surface area contributed by atoms with E-state index in [-0.39, 0.29) is 5.54 Å². The molecular weight excluding hydrogens is 226 g/mol. The van der Waals surface area contributed by atoms with Gasteiger partial charge in [-0.05, 0) is 37.5 Å². The average Bonchev–Trinajstić information content (AvgIpc) is 2.76. The molecule has 0 fully saturated rings. The van der Waals surface area contributed by atoms with Crippen LogP contribution < -0.4 is 11.1 Å². The highest BCUT2D eigenvalue weighted by Gasteiger charge is 2.27. The molecule has 1 unspecified atom stereocenters. The van der Waals surface area contributed by atoms with Gasteiger partial charge in [0.1, 0.15) is 12.1 Å². The third kappa shape index (κ3) is 2.18. The molecule has 0 saturated carbocycles. The number of nitrogens with two attached hydrogens (primary N) is 1. The molecule has 0 spiro atoms. The SMILES string of the molecule is Cc1cc(NC(C)(CN)C(C)C)n2ncnc2c1. The van der Waals surface area contributed by atoms with E-state index in [0.717, 1.165) is 17.0 Å². The zero-order valence-corrected chi connectivity index (χ0v) is 11.4. The van der Waals surface area contributed by atoms with Crippen molar-refractivity contribution in [3.63, 3.8) is 0 Å². The van der Waals surface area contributed by atoms with Crippen molar-refractivity contribution in [1.29, 1.82) is 0 Å². The molecule has 0 aliphatic rings. The molecule has 2 rings (SSSR count). The Hall–Kier alpha value is -1.62. The Morgan fingerprint density at radius 1 is 1.44 bits per heavy atom. The van der Waals surface area contributed by atoms with Crippen LogP contribution in [-0.2, 0) is 0 Å². The molecule has 98 valence electrons. The van der Waals surface area contributed by atoms with Crippen LogP contribution in [0.5, 0.6) is 0 Å². The number of hydrogen-bond acceptors (Lipinski definition) is 4. The van der Waals surface area contributed by atoms with E-state index in [2.05, 4.69) is 49.2 Å². The van der Waals surface area contributed by atoms with Crippen molar-refractivity contribution in [1.82, 2.24) is 14.6 Å². The Morgan fingerprint density at radius 2 is 2.17 bits per heavy atom. The van der Waals surface area contributed by atoms with Crippen molar-refractivity contribution < 1.29 is 0 Å². The minimum atomic E-state index is -0.160. The zero-order valence-electron chi connectivity index (χ0n) is 11.4. The van der Waals surface area contributed by atoms with E-state index < -0.39 is 0 Å². The first-order valence-corrected chi connectivity index (χ1v) is 6.25. The molecule has 0 radical (unpaired) electrons. The molecule has 2 heterocycles.